The monoisotopic (exact) mass is 345 g/mol. The Morgan fingerprint density at radius 1 is 1.32 bits per heavy atom. The van der Waals surface area contributed by atoms with Gasteiger partial charge in [-0.3, -0.25) is 0 Å². The minimum Gasteiger partial charge on any atom is -1.00 e. The van der Waals surface area contributed by atoms with Crippen molar-refractivity contribution in [3.8, 4) is 0 Å². The van der Waals surface area contributed by atoms with Crippen LogP contribution in [-0.2, 0) is 26.5 Å². The number of hydrogen-bond acceptors (Lipinski definition) is 3. The molecule has 0 saturated heterocycles. The van der Waals surface area contributed by atoms with Crippen LogP contribution in [-0.4, -0.2) is 30.0 Å². The van der Waals surface area contributed by atoms with Crippen LogP contribution in [0.1, 0.15) is 34.1 Å². The molecule has 6 heteroatoms. The number of nitrogens with two attached hydrogens (primary N) is 1. The van der Waals surface area contributed by atoms with E-state index in [2.05, 4.69) is 6.08 Å². The van der Waals surface area contributed by atoms with E-state index in [1.807, 2.05) is 26.0 Å². The molecule has 1 aliphatic carbocycles. The average molecular weight is 346 g/mol. The van der Waals surface area contributed by atoms with Crippen molar-refractivity contribution in [2.24, 2.45) is 5.73 Å². The van der Waals surface area contributed by atoms with Crippen LogP contribution in [0.4, 0.5) is 0 Å². The van der Waals surface area contributed by atoms with Gasteiger partial charge in [-0.1, -0.05) is 25.2 Å². The van der Waals surface area contributed by atoms with Gasteiger partial charge in [0.15, 0.2) is 0 Å². The van der Waals surface area contributed by atoms with Crippen LogP contribution in [0.3, 0.4) is 0 Å². The first-order valence-electron chi connectivity index (χ1n) is 5.67. The van der Waals surface area contributed by atoms with E-state index in [0.29, 0.717) is 0 Å². The first-order valence-corrected chi connectivity index (χ1v) is 5.67. The predicted octanol–water partition coefficient (Wildman–Crippen LogP) is -3.98. The zero-order chi connectivity index (χ0) is 12.8. The molecule has 1 rings (SSSR count). The Bertz CT molecular complexity index is 278. The Hall–Kier alpha value is 0.654. The van der Waals surface area contributed by atoms with E-state index in [1.165, 1.54) is 0 Å². The van der Waals surface area contributed by atoms with Crippen molar-refractivity contribution in [2.75, 3.05) is 13.7 Å². The molecule has 1 aliphatic rings. The third-order valence-electron chi connectivity index (χ3n) is 2.96. The summed E-state index contributed by atoms with van der Waals surface area (Å²) in [5, 5.41) is 10.0. The van der Waals surface area contributed by atoms with Gasteiger partial charge in [-0.05, 0) is 39.3 Å². The van der Waals surface area contributed by atoms with E-state index in [9.17, 15) is 5.11 Å². The van der Waals surface area contributed by atoms with Gasteiger partial charge in [-0.25, -0.2) is 0 Å². The smallest absolute Gasteiger partial charge is 1.00 e. The van der Waals surface area contributed by atoms with Crippen LogP contribution in [0.25, 0.3) is 0 Å². The van der Waals surface area contributed by atoms with E-state index in [-0.39, 0.29) is 46.5 Å². The summed E-state index contributed by atoms with van der Waals surface area (Å²) in [4.78, 5) is 0. The molecule has 0 aromatic carbocycles. The van der Waals surface area contributed by atoms with Gasteiger partial charge in [0.05, 0.1) is 5.60 Å². The molecule has 0 amide bonds. The molecule has 0 fully saturated rings. The SMILES string of the molecule is CCN.COC(C)(C1=CC=CC1)C(C)(C)O.[Cl-].[Cl-].[Ti+2]. The molecule has 1 atom stereocenters. The summed E-state index contributed by atoms with van der Waals surface area (Å²) in [5.41, 5.74) is 4.53. The van der Waals surface area contributed by atoms with Gasteiger partial charge in [0, 0.05) is 7.11 Å². The summed E-state index contributed by atoms with van der Waals surface area (Å²) in [6.45, 7) is 8.12. The normalized spacial score (nSPS) is 15.6. The van der Waals surface area contributed by atoms with Gasteiger partial charge >= 0.3 is 21.7 Å². The van der Waals surface area contributed by atoms with Crippen LogP contribution in [0.2, 0.25) is 0 Å². The molecule has 19 heavy (non-hydrogen) atoms. The molecule has 112 valence electrons. The number of ether oxygens (including phenoxy) is 1. The van der Waals surface area contributed by atoms with Crippen molar-refractivity contribution in [1.29, 1.82) is 0 Å². The Kier molecular flexibility index (Phi) is 18.2. The molecule has 0 aromatic rings. The maximum atomic E-state index is 10.0. The summed E-state index contributed by atoms with van der Waals surface area (Å²) in [6.07, 6.45) is 6.95. The number of aliphatic hydroxyl groups is 1. The van der Waals surface area contributed by atoms with Crippen molar-refractivity contribution in [3.05, 3.63) is 23.8 Å². The van der Waals surface area contributed by atoms with Gasteiger partial charge < -0.3 is 40.4 Å². The first kappa shape index (κ1) is 27.9. The number of methoxy groups -OCH3 is 1. The second-order valence-corrected chi connectivity index (χ2v) is 4.53. The maximum Gasteiger partial charge on any atom is 2.00 e. The number of rotatable bonds is 3. The quantitative estimate of drug-likeness (QED) is 0.513. The Labute approximate surface area is 144 Å². The predicted molar refractivity (Wildman–Crippen MR) is 68.3 cm³/mol. The zero-order valence-electron chi connectivity index (χ0n) is 12.3. The summed E-state index contributed by atoms with van der Waals surface area (Å²) in [7, 11) is 1.64. The van der Waals surface area contributed by atoms with Gasteiger partial charge in [0.2, 0.25) is 0 Å². The first-order chi connectivity index (χ1) is 7.33. The van der Waals surface area contributed by atoms with Gasteiger partial charge in [-0.15, -0.1) is 0 Å². The van der Waals surface area contributed by atoms with Crippen LogP contribution in [0.5, 0.6) is 0 Å². The largest absolute Gasteiger partial charge is 2.00 e. The molecule has 0 spiro atoms. The van der Waals surface area contributed by atoms with Crippen molar-refractivity contribution >= 4 is 0 Å². The zero-order valence-corrected chi connectivity index (χ0v) is 15.4. The van der Waals surface area contributed by atoms with Crippen molar-refractivity contribution in [2.45, 2.75) is 45.3 Å². The molecular formula is C13H25Cl2NO2Ti. The molecule has 0 saturated carbocycles. The third-order valence-corrected chi connectivity index (χ3v) is 2.96. The van der Waals surface area contributed by atoms with Gasteiger partial charge in [0.1, 0.15) is 5.60 Å². The van der Waals surface area contributed by atoms with Crippen LogP contribution >= 0.6 is 0 Å². The number of halogens is 2. The summed E-state index contributed by atoms with van der Waals surface area (Å²) in [5.74, 6) is 0. The fraction of sp³-hybridized carbons (Fsp3) is 0.692. The van der Waals surface area contributed by atoms with E-state index >= 15 is 0 Å². The van der Waals surface area contributed by atoms with Crippen molar-refractivity contribution in [3.63, 3.8) is 0 Å². The molecular weight excluding hydrogens is 321 g/mol. The van der Waals surface area contributed by atoms with Crippen molar-refractivity contribution in [1.82, 2.24) is 0 Å². The molecule has 3 N–H and O–H groups in total. The second kappa shape index (κ2) is 12.4. The Balaban J connectivity index is -0.000000172. The molecule has 1 unspecified atom stereocenters. The van der Waals surface area contributed by atoms with E-state index < -0.39 is 11.2 Å². The maximum absolute atomic E-state index is 10.0. The van der Waals surface area contributed by atoms with Crippen LogP contribution in [0.15, 0.2) is 23.8 Å². The summed E-state index contributed by atoms with van der Waals surface area (Å²) < 4.78 is 5.43. The molecule has 0 aromatic heterocycles. The Morgan fingerprint density at radius 2 is 1.74 bits per heavy atom. The van der Waals surface area contributed by atoms with Crippen LogP contribution in [0, 0.1) is 0 Å². The van der Waals surface area contributed by atoms with Crippen molar-refractivity contribution < 1.29 is 56.4 Å². The molecule has 0 radical (unpaired) electrons. The molecule has 0 bridgehead atoms. The third kappa shape index (κ3) is 7.86. The molecule has 0 aliphatic heterocycles. The fourth-order valence-corrected chi connectivity index (χ4v) is 1.57. The van der Waals surface area contributed by atoms with E-state index in [0.717, 1.165) is 18.5 Å². The molecule has 3 nitrogen and oxygen atoms in total. The van der Waals surface area contributed by atoms with Gasteiger partial charge in [-0.2, -0.15) is 0 Å². The van der Waals surface area contributed by atoms with E-state index in [1.54, 1.807) is 21.0 Å². The van der Waals surface area contributed by atoms with E-state index in [4.69, 9.17) is 10.5 Å². The Morgan fingerprint density at radius 3 is 1.95 bits per heavy atom. The van der Waals surface area contributed by atoms with Crippen LogP contribution < -0.4 is 30.5 Å². The minimum absolute atomic E-state index is 0. The second-order valence-electron chi connectivity index (χ2n) is 4.53. The minimum atomic E-state index is -0.862. The summed E-state index contributed by atoms with van der Waals surface area (Å²) in [6, 6.07) is 0. The number of allylic oxidation sites excluding steroid dienone is 3. The van der Waals surface area contributed by atoms with Gasteiger partial charge in [0.25, 0.3) is 0 Å². The topological polar surface area (TPSA) is 55.5 Å². The summed E-state index contributed by atoms with van der Waals surface area (Å²) >= 11 is 0. The fourth-order valence-electron chi connectivity index (χ4n) is 1.57. The number of hydrogen-bond donors (Lipinski definition) is 2. The average Bonchev–Trinajstić information content (AvgIpc) is 2.69. The standard InChI is InChI=1S/C11H18O2.C2H7N.2ClH.Ti/c1-10(2,12)11(3,13-4)9-7-5-6-8-9;1-2-3;;;/h5-7,12H,8H2,1-4H3;2-3H2,1H3;2*1H;/q;;;;+2/p-2. The molecule has 0 heterocycles.